The molecule has 112 valence electrons. The molecule has 0 aliphatic heterocycles. The van der Waals surface area contributed by atoms with Gasteiger partial charge >= 0.3 is 5.97 Å². The first-order valence-electron chi connectivity index (χ1n) is 6.61. The van der Waals surface area contributed by atoms with Crippen molar-refractivity contribution in [1.29, 1.82) is 0 Å². The van der Waals surface area contributed by atoms with Gasteiger partial charge in [0.05, 0.1) is 4.90 Å². The van der Waals surface area contributed by atoms with Gasteiger partial charge in [-0.1, -0.05) is 39.0 Å². The Morgan fingerprint density at radius 3 is 2.40 bits per heavy atom. The smallest absolute Gasteiger partial charge is 0.321 e. The number of sulfonamides is 1. The van der Waals surface area contributed by atoms with Crippen LogP contribution in [-0.2, 0) is 21.2 Å². The molecule has 0 aliphatic carbocycles. The van der Waals surface area contributed by atoms with E-state index in [2.05, 4.69) is 4.72 Å². The minimum absolute atomic E-state index is 0.0835. The predicted molar refractivity (Wildman–Crippen MR) is 77.0 cm³/mol. The molecule has 1 rings (SSSR count). The van der Waals surface area contributed by atoms with Gasteiger partial charge in [-0.25, -0.2) is 8.42 Å². The minimum Gasteiger partial charge on any atom is -0.480 e. The number of benzene rings is 1. The molecule has 1 atom stereocenters. The van der Waals surface area contributed by atoms with E-state index in [9.17, 15) is 13.2 Å². The highest BCUT2D eigenvalue weighted by atomic mass is 32.2. The van der Waals surface area contributed by atoms with Gasteiger partial charge in [0.2, 0.25) is 10.0 Å². The highest BCUT2D eigenvalue weighted by Crippen LogP contribution is 2.17. The van der Waals surface area contributed by atoms with Crippen LogP contribution in [0.25, 0.3) is 0 Å². The van der Waals surface area contributed by atoms with Gasteiger partial charge in [-0.3, -0.25) is 4.79 Å². The van der Waals surface area contributed by atoms with Crippen LogP contribution in [0.2, 0.25) is 0 Å². The summed E-state index contributed by atoms with van der Waals surface area (Å²) in [5.41, 5.74) is 0.675. The summed E-state index contributed by atoms with van der Waals surface area (Å²) < 4.78 is 27.0. The number of rotatable bonds is 7. The third-order valence-corrected chi connectivity index (χ3v) is 4.52. The van der Waals surface area contributed by atoms with Gasteiger partial charge in [0.1, 0.15) is 6.04 Å². The second-order valence-electron chi connectivity index (χ2n) is 5.10. The summed E-state index contributed by atoms with van der Waals surface area (Å²) in [6.45, 7) is 5.56. The summed E-state index contributed by atoms with van der Waals surface area (Å²) in [6.07, 6.45) is 0.821. The first-order chi connectivity index (χ1) is 9.27. The lowest BCUT2D eigenvalue weighted by molar-refractivity contribution is -0.139. The van der Waals surface area contributed by atoms with Crippen molar-refractivity contribution in [2.24, 2.45) is 5.92 Å². The number of aliphatic carboxylic acids is 1. The maximum absolute atomic E-state index is 12.3. The molecule has 1 aromatic rings. The van der Waals surface area contributed by atoms with Crippen molar-refractivity contribution in [1.82, 2.24) is 4.72 Å². The monoisotopic (exact) mass is 299 g/mol. The van der Waals surface area contributed by atoms with Crippen LogP contribution in [0, 0.1) is 5.92 Å². The SMILES string of the molecule is CCc1ccccc1S(=O)(=O)N[C@@H](CC(C)C)C(=O)O. The third-order valence-electron chi connectivity index (χ3n) is 2.95. The molecule has 0 heterocycles. The van der Waals surface area contributed by atoms with Gasteiger partial charge in [-0.05, 0) is 30.4 Å². The minimum atomic E-state index is -3.82. The van der Waals surface area contributed by atoms with Crippen LogP contribution >= 0.6 is 0 Å². The number of nitrogens with one attached hydrogen (secondary N) is 1. The number of hydrogen-bond acceptors (Lipinski definition) is 3. The van der Waals surface area contributed by atoms with E-state index in [4.69, 9.17) is 5.11 Å². The Labute approximate surface area is 120 Å². The van der Waals surface area contributed by atoms with Crippen LogP contribution in [0.3, 0.4) is 0 Å². The zero-order chi connectivity index (χ0) is 15.3. The highest BCUT2D eigenvalue weighted by Gasteiger charge is 2.27. The first kappa shape index (κ1) is 16.7. The lowest BCUT2D eigenvalue weighted by Gasteiger charge is -2.17. The predicted octanol–water partition coefficient (Wildman–Crippen LogP) is 2.03. The number of aryl methyl sites for hydroxylation is 1. The van der Waals surface area contributed by atoms with Crippen LogP contribution in [0.15, 0.2) is 29.2 Å². The number of carboxylic acid groups (broad SMARTS) is 1. The van der Waals surface area contributed by atoms with Crippen molar-refractivity contribution in [3.63, 3.8) is 0 Å². The second kappa shape index (κ2) is 6.85. The van der Waals surface area contributed by atoms with E-state index in [-0.39, 0.29) is 17.2 Å². The standard InChI is InChI=1S/C14H21NO4S/c1-4-11-7-5-6-8-13(11)20(18,19)15-12(14(16)17)9-10(2)3/h5-8,10,12,15H,4,9H2,1-3H3,(H,16,17)/t12-/m0/s1. The molecule has 0 fully saturated rings. The number of hydrogen-bond donors (Lipinski definition) is 2. The summed E-state index contributed by atoms with van der Waals surface area (Å²) in [6, 6.07) is 5.51. The molecule has 5 nitrogen and oxygen atoms in total. The molecule has 2 N–H and O–H groups in total. The first-order valence-corrected chi connectivity index (χ1v) is 8.09. The fourth-order valence-corrected chi connectivity index (χ4v) is 3.49. The van der Waals surface area contributed by atoms with E-state index in [1.807, 2.05) is 20.8 Å². The third kappa shape index (κ3) is 4.31. The lowest BCUT2D eigenvalue weighted by atomic mass is 10.1. The van der Waals surface area contributed by atoms with E-state index in [0.29, 0.717) is 12.0 Å². The van der Waals surface area contributed by atoms with Crippen molar-refractivity contribution in [3.05, 3.63) is 29.8 Å². The number of carboxylic acids is 1. The molecule has 0 unspecified atom stereocenters. The Morgan fingerprint density at radius 2 is 1.90 bits per heavy atom. The molecule has 0 spiro atoms. The van der Waals surface area contributed by atoms with Crippen molar-refractivity contribution >= 4 is 16.0 Å². The molecule has 0 saturated carbocycles. The second-order valence-corrected chi connectivity index (χ2v) is 6.79. The fraction of sp³-hybridized carbons (Fsp3) is 0.500. The molecule has 20 heavy (non-hydrogen) atoms. The van der Waals surface area contributed by atoms with E-state index < -0.39 is 22.0 Å². The van der Waals surface area contributed by atoms with Gasteiger partial charge in [0, 0.05) is 0 Å². The van der Waals surface area contributed by atoms with Gasteiger partial charge in [-0.15, -0.1) is 0 Å². The Kier molecular flexibility index (Phi) is 5.71. The van der Waals surface area contributed by atoms with Crippen molar-refractivity contribution in [3.8, 4) is 0 Å². The largest absolute Gasteiger partial charge is 0.480 e. The molecule has 1 aromatic carbocycles. The van der Waals surface area contributed by atoms with E-state index in [0.717, 1.165) is 0 Å². The van der Waals surface area contributed by atoms with Crippen molar-refractivity contribution in [2.75, 3.05) is 0 Å². The molecular weight excluding hydrogens is 278 g/mol. The van der Waals surface area contributed by atoms with Gasteiger partial charge in [-0.2, -0.15) is 4.72 Å². The fourth-order valence-electron chi connectivity index (χ4n) is 1.98. The summed E-state index contributed by atoms with van der Waals surface area (Å²) in [5, 5.41) is 9.13. The Bertz CT molecular complexity index is 566. The zero-order valence-corrected chi connectivity index (χ0v) is 12.8. The summed E-state index contributed by atoms with van der Waals surface area (Å²) in [5.74, 6) is -1.07. The average Bonchev–Trinajstić information content (AvgIpc) is 2.37. The summed E-state index contributed by atoms with van der Waals surface area (Å²) >= 11 is 0. The van der Waals surface area contributed by atoms with Crippen molar-refractivity contribution < 1.29 is 18.3 Å². The molecule has 0 radical (unpaired) electrons. The molecule has 0 aromatic heterocycles. The molecule has 0 amide bonds. The van der Waals surface area contributed by atoms with Crippen LogP contribution < -0.4 is 4.72 Å². The normalized spacial score (nSPS) is 13.4. The van der Waals surface area contributed by atoms with Gasteiger partial charge < -0.3 is 5.11 Å². The van der Waals surface area contributed by atoms with Gasteiger partial charge in [0.15, 0.2) is 0 Å². The Morgan fingerprint density at radius 1 is 1.30 bits per heavy atom. The van der Waals surface area contributed by atoms with E-state index >= 15 is 0 Å². The quantitative estimate of drug-likeness (QED) is 0.807. The van der Waals surface area contributed by atoms with Crippen LogP contribution in [-0.4, -0.2) is 25.5 Å². The molecule has 0 bridgehead atoms. The maximum atomic E-state index is 12.3. The van der Waals surface area contributed by atoms with Crippen LogP contribution in [0.5, 0.6) is 0 Å². The summed E-state index contributed by atoms with van der Waals surface area (Å²) in [7, 11) is -3.82. The molecule has 0 aliphatic rings. The zero-order valence-electron chi connectivity index (χ0n) is 12.0. The maximum Gasteiger partial charge on any atom is 0.321 e. The van der Waals surface area contributed by atoms with E-state index in [1.165, 1.54) is 6.07 Å². The van der Waals surface area contributed by atoms with E-state index in [1.54, 1.807) is 18.2 Å². The summed E-state index contributed by atoms with van der Waals surface area (Å²) in [4.78, 5) is 11.3. The molecular formula is C14H21NO4S. The average molecular weight is 299 g/mol. The van der Waals surface area contributed by atoms with Crippen molar-refractivity contribution in [2.45, 2.75) is 44.6 Å². The Hall–Kier alpha value is -1.40. The molecule has 6 heteroatoms. The highest BCUT2D eigenvalue weighted by molar-refractivity contribution is 7.89. The van der Waals surface area contributed by atoms with Crippen LogP contribution in [0.4, 0.5) is 0 Å². The van der Waals surface area contributed by atoms with Gasteiger partial charge in [0.25, 0.3) is 0 Å². The topological polar surface area (TPSA) is 83.5 Å². The lowest BCUT2D eigenvalue weighted by Crippen LogP contribution is -2.41. The Balaban J connectivity index is 3.07. The molecule has 0 saturated heterocycles. The van der Waals surface area contributed by atoms with Crippen LogP contribution in [0.1, 0.15) is 32.8 Å². The number of carbonyl (C=O) groups is 1.